The minimum Gasteiger partial charge on any atom is -0.385 e. The smallest absolute Gasteiger partial charge is 0.171 e. The first-order chi connectivity index (χ1) is 7.95. The largest absolute Gasteiger partial charge is 0.385 e. The van der Waals surface area contributed by atoms with Crippen molar-refractivity contribution < 1.29 is 14.3 Å². The van der Waals surface area contributed by atoms with Crippen molar-refractivity contribution in [3.8, 4) is 0 Å². The average molecular weight is 257 g/mol. The fraction of sp³-hybridized carbons (Fsp3) is 0.462. The molecule has 1 aromatic carbocycles. The van der Waals surface area contributed by atoms with Crippen molar-refractivity contribution in [1.29, 1.82) is 0 Å². The van der Waals surface area contributed by atoms with Crippen molar-refractivity contribution in [1.82, 2.24) is 0 Å². The standard InChI is InChI=1S/C13H14ClFO2/c1-13(6-2-3-11(16)12(13)17)9-5-4-8(14)7-10(9)15/h4-5,7,11,16H,2-3,6H2,1H3. The summed E-state index contributed by atoms with van der Waals surface area (Å²) in [5.74, 6) is -0.785. The molecule has 0 spiro atoms. The zero-order valence-electron chi connectivity index (χ0n) is 9.54. The van der Waals surface area contributed by atoms with Gasteiger partial charge in [0.1, 0.15) is 11.9 Å². The lowest BCUT2D eigenvalue weighted by Crippen LogP contribution is -2.44. The highest BCUT2D eigenvalue weighted by molar-refractivity contribution is 6.30. The Bertz CT molecular complexity index is 461. The molecule has 0 radical (unpaired) electrons. The van der Waals surface area contributed by atoms with Crippen LogP contribution >= 0.6 is 11.6 Å². The summed E-state index contributed by atoms with van der Waals surface area (Å²) < 4.78 is 13.9. The van der Waals surface area contributed by atoms with Gasteiger partial charge in [0.15, 0.2) is 5.78 Å². The Balaban J connectivity index is 2.46. The molecular weight excluding hydrogens is 243 g/mol. The van der Waals surface area contributed by atoms with Crippen molar-refractivity contribution in [2.75, 3.05) is 0 Å². The van der Waals surface area contributed by atoms with E-state index in [1.54, 1.807) is 13.0 Å². The first-order valence-corrected chi connectivity index (χ1v) is 6.01. The molecule has 2 atom stereocenters. The van der Waals surface area contributed by atoms with Crippen LogP contribution in [0.3, 0.4) is 0 Å². The quantitative estimate of drug-likeness (QED) is 0.839. The number of carbonyl (C=O) groups excluding carboxylic acids is 1. The Morgan fingerprint density at radius 2 is 2.24 bits per heavy atom. The summed E-state index contributed by atoms with van der Waals surface area (Å²) in [6.45, 7) is 1.68. The van der Waals surface area contributed by atoms with Gasteiger partial charge < -0.3 is 5.11 Å². The molecule has 0 aliphatic heterocycles. The molecule has 0 saturated heterocycles. The maximum atomic E-state index is 13.9. The SMILES string of the molecule is CC1(c2ccc(Cl)cc2F)CCCC(O)C1=O. The van der Waals surface area contributed by atoms with E-state index < -0.39 is 17.3 Å². The lowest BCUT2D eigenvalue weighted by Gasteiger charge is -2.35. The number of rotatable bonds is 1. The van der Waals surface area contributed by atoms with Crippen LogP contribution in [0, 0.1) is 5.82 Å². The molecule has 1 aliphatic carbocycles. The molecular formula is C13H14ClFO2. The van der Waals surface area contributed by atoms with Crippen molar-refractivity contribution in [2.45, 2.75) is 37.7 Å². The normalized spacial score (nSPS) is 29.4. The van der Waals surface area contributed by atoms with E-state index in [-0.39, 0.29) is 5.78 Å². The number of hydrogen-bond donors (Lipinski definition) is 1. The highest BCUT2D eigenvalue weighted by Crippen LogP contribution is 2.38. The van der Waals surface area contributed by atoms with E-state index in [2.05, 4.69) is 0 Å². The van der Waals surface area contributed by atoms with Gasteiger partial charge in [-0.2, -0.15) is 0 Å². The third-order valence-electron chi connectivity index (χ3n) is 3.53. The third kappa shape index (κ3) is 2.09. The third-order valence-corrected chi connectivity index (χ3v) is 3.76. The van der Waals surface area contributed by atoms with Gasteiger partial charge in [0.2, 0.25) is 0 Å². The van der Waals surface area contributed by atoms with E-state index >= 15 is 0 Å². The fourth-order valence-corrected chi connectivity index (χ4v) is 2.63. The highest BCUT2D eigenvalue weighted by Gasteiger charge is 2.43. The monoisotopic (exact) mass is 256 g/mol. The van der Waals surface area contributed by atoms with Crippen LogP contribution in [0.15, 0.2) is 18.2 Å². The second kappa shape index (κ2) is 4.39. The molecule has 17 heavy (non-hydrogen) atoms. The van der Waals surface area contributed by atoms with Gasteiger partial charge in [0, 0.05) is 10.6 Å². The molecule has 1 aliphatic rings. The molecule has 0 aromatic heterocycles. The summed E-state index contributed by atoms with van der Waals surface area (Å²) >= 11 is 5.69. The highest BCUT2D eigenvalue weighted by atomic mass is 35.5. The van der Waals surface area contributed by atoms with E-state index in [1.807, 2.05) is 0 Å². The Kier molecular flexibility index (Phi) is 3.23. The van der Waals surface area contributed by atoms with Gasteiger partial charge in [0.05, 0.1) is 5.41 Å². The number of Topliss-reactive ketones (excluding diaryl/α,β-unsaturated/α-hetero) is 1. The maximum Gasteiger partial charge on any atom is 0.171 e. The summed E-state index contributed by atoms with van der Waals surface area (Å²) in [6.07, 6.45) is 0.750. The van der Waals surface area contributed by atoms with E-state index in [4.69, 9.17) is 11.6 Å². The zero-order valence-corrected chi connectivity index (χ0v) is 10.3. The molecule has 1 fully saturated rings. The molecule has 0 bridgehead atoms. The van der Waals surface area contributed by atoms with Crippen molar-refractivity contribution in [3.05, 3.63) is 34.6 Å². The number of aliphatic hydroxyl groups excluding tert-OH is 1. The number of halogens is 2. The Morgan fingerprint density at radius 1 is 1.53 bits per heavy atom. The molecule has 1 N–H and O–H groups in total. The van der Waals surface area contributed by atoms with Crippen molar-refractivity contribution >= 4 is 17.4 Å². The van der Waals surface area contributed by atoms with Gasteiger partial charge >= 0.3 is 0 Å². The van der Waals surface area contributed by atoms with Gasteiger partial charge in [-0.1, -0.05) is 17.7 Å². The second-order valence-corrected chi connectivity index (χ2v) is 5.16. The molecule has 1 saturated carbocycles. The number of benzene rings is 1. The van der Waals surface area contributed by atoms with Crippen LogP contribution in [0.2, 0.25) is 5.02 Å². The first-order valence-electron chi connectivity index (χ1n) is 5.63. The minimum absolute atomic E-state index is 0.301. The topological polar surface area (TPSA) is 37.3 Å². The number of ketones is 1. The summed E-state index contributed by atoms with van der Waals surface area (Å²) in [7, 11) is 0. The Morgan fingerprint density at radius 3 is 2.88 bits per heavy atom. The van der Waals surface area contributed by atoms with E-state index in [1.165, 1.54) is 12.1 Å². The fourth-order valence-electron chi connectivity index (χ4n) is 2.48. The minimum atomic E-state index is -0.983. The number of carbonyl (C=O) groups is 1. The van der Waals surface area contributed by atoms with E-state index in [9.17, 15) is 14.3 Å². The summed E-state index contributed by atoms with van der Waals surface area (Å²) in [5.41, 5.74) is -0.613. The van der Waals surface area contributed by atoms with E-state index in [0.29, 0.717) is 29.8 Å². The zero-order chi connectivity index (χ0) is 12.6. The van der Waals surface area contributed by atoms with Crippen LogP contribution in [-0.2, 0) is 10.2 Å². The lowest BCUT2D eigenvalue weighted by atomic mass is 9.69. The number of hydrogen-bond acceptors (Lipinski definition) is 2. The van der Waals surface area contributed by atoms with Gasteiger partial charge in [-0.05, 0) is 38.3 Å². The van der Waals surface area contributed by atoms with Gasteiger partial charge in [-0.3, -0.25) is 4.79 Å². The van der Waals surface area contributed by atoms with E-state index in [0.717, 1.165) is 0 Å². The van der Waals surface area contributed by atoms with Crippen LogP contribution < -0.4 is 0 Å². The van der Waals surface area contributed by atoms with Gasteiger partial charge in [-0.25, -0.2) is 4.39 Å². The van der Waals surface area contributed by atoms with Crippen LogP contribution in [0.1, 0.15) is 31.7 Å². The van der Waals surface area contributed by atoms with Crippen LogP contribution in [0.4, 0.5) is 4.39 Å². The molecule has 0 amide bonds. The van der Waals surface area contributed by atoms with Crippen LogP contribution in [-0.4, -0.2) is 17.0 Å². The summed E-state index contributed by atoms with van der Waals surface area (Å²) in [5, 5.41) is 9.93. The van der Waals surface area contributed by atoms with Gasteiger partial charge in [-0.15, -0.1) is 0 Å². The summed E-state index contributed by atoms with van der Waals surface area (Å²) in [4.78, 5) is 12.0. The van der Waals surface area contributed by atoms with Gasteiger partial charge in [0.25, 0.3) is 0 Å². The van der Waals surface area contributed by atoms with Crippen molar-refractivity contribution in [2.24, 2.45) is 0 Å². The van der Waals surface area contributed by atoms with Crippen molar-refractivity contribution in [3.63, 3.8) is 0 Å². The molecule has 92 valence electrons. The molecule has 0 heterocycles. The molecule has 2 rings (SSSR count). The first kappa shape index (κ1) is 12.5. The molecule has 2 unspecified atom stereocenters. The molecule has 2 nitrogen and oxygen atoms in total. The summed E-state index contributed by atoms with van der Waals surface area (Å²) in [6, 6.07) is 4.31. The molecule has 1 aromatic rings. The van der Waals surface area contributed by atoms with Crippen LogP contribution in [0.25, 0.3) is 0 Å². The van der Waals surface area contributed by atoms with Crippen LogP contribution in [0.5, 0.6) is 0 Å². The number of aliphatic hydroxyl groups is 1. The average Bonchev–Trinajstić information content (AvgIpc) is 2.25. The second-order valence-electron chi connectivity index (χ2n) is 4.73. The predicted molar refractivity (Wildman–Crippen MR) is 63.6 cm³/mol. The Hall–Kier alpha value is -0.930. The maximum absolute atomic E-state index is 13.9. The molecule has 4 heteroatoms. The Labute approximate surface area is 104 Å². The predicted octanol–water partition coefficient (Wildman–Crippen LogP) is 2.85. The lowest BCUT2D eigenvalue weighted by molar-refractivity contribution is -0.135.